The van der Waals surface area contributed by atoms with Gasteiger partial charge < -0.3 is 40.3 Å². The second kappa shape index (κ2) is 51.3. The van der Waals surface area contributed by atoms with E-state index in [1.54, 1.807) is 0 Å². The number of ether oxygens (including phenoxy) is 1. The highest BCUT2D eigenvalue weighted by Gasteiger charge is 2.35. The topological polar surface area (TPSA) is 92.6 Å². The molecule has 0 unspecified atom stereocenters. The van der Waals surface area contributed by atoms with Crippen molar-refractivity contribution in [1.82, 2.24) is 73.9 Å². The van der Waals surface area contributed by atoms with Crippen LogP contribution in [0.4, 0.5) is 4.39 Å². The van der Waals surface area contributed by atoms with E-state index in [2.05, 4.69) is 305 Å². The van der Waals surface area contributed by atoms with Crippen LogP contribution in [0.1, 0.15) is 273 Å². The summed E-state index contributed by atoms with van der Waals surface area (Å²) in [5, 5.41) is 3.52. The highest BCUT2D eigenvalue weighted by atomic mass is 19.1. The van der Waals surface area contributed by atoms with Crippen LogP contribution < -0.4 is 11.1 Å². The van der Waals surface area contributed by atoms with Crippen LogP contribution >= 0.6 is 0 Å². The molecule has 0 bridgehead atoms. The molecule has 9 aliphatic rings. The minimum Gasteiger partial charge on any atom is -0.373 e. The smallest absolute Gasteiger partial charge is 0.128 e. The van der Waals surface area contributed by atoms with Gasteiger partial charge in [-0.25, -0.2) is 4.39 Å². The molecule has 0 aromatic heterocycles. The Bertz CT molecular complexity index is 2030. The van der Waals surface area contributed by atoms with Crippen LogP contribution in [-0.2, 0) is 4.74 Å². The van der Waals surface area contributed by atoms with Crippen molar-refractivity contribution in [3.05, 3.63) is 0 Å². The Morgan fingerprint density at radius 2 is 0.708 bits per heavy atom. The van der Waals surface area contributed by atoms with Gasteiger partial charge in [-0.1, -0.05) is 27.2 Å². The van der Waals surface area contributed by atoms with E-state index < -0.39 is 6.17 Å². The lowest BCUT2D eigenvalue weighted by Gasteiger charge is -2.43. The lowest BCUT2D eigenvalue weighted by Crippen LogP contribution is -2.55. The summed E-state index contributed by atoms with van der Waals surface area (Å²) in [6.45, 7) is 95.0. The van der Waals surface area contributed by atoms with Gasteiger partial charge in [-0.3, -0.25) is 44.1 Å². The zero-order valence-electron chi connectivity index (χ0n) is 77.3. The van der Waals surface area contributed by atoms with Crippen molar-refractivity contribution in [3.63, 3.8) is 0 Å². The number of likely N-dealkylation sites (N-methyl/N-ethyl adjacent to an activating group) is 2. The molecule has 9 heterocycles. The Kier molecular flexibility index (Phi) is 50.9. The van der Waals surface area contributed by atoms with Crippen molar-refractivity contribution >= 4 is 0 Å². The van der Waals surface area contributed by atoms with Crippen LogP contribution in [0.15, 0.2) is 0 Å². The Labute approximate surface area is 663 Å². The van der Waals surface area contributed by atoms with Crippen molar-refractivity contribution in [3.8, 4) is 0 Å². The predicted octanol–water partition coefficient (Wildman–Crippen LogP) is 14.1. The molecule has 0 saturated carbocycles. The maximum absolute atomic E-state index is 13.6. The molecule has 0 spiro atoms. The summed E-state index contributed by atoms with van der Waals surface area (Å²) in [4.78, 5) is 34.3. The molecule has 17 nitrogen and oxygen atoms in total. The lowest BCUT2D eigenvalue weighted by molar-refractivity contribution is -0.0764. The second-order valence-corrected chi connectivity index (χ2v) is 40.2. The Morgan fingerprint density at radius 1 is 0.368 bits per heavy atom. The van der Waals surface area contributed by atoms with Gasteiger partial charge in [-0.2, -0.15) is 0 Å². The van der Waals surface area contributed by atoms with E-state index in [1.807, 2.05) is 19.0 Å². The van der Waals surface area contributed by atoms with Gasteiger partial charge in [0.1, 0.15) is 6.17 Å². The van der Waals surface area contributed by atoms with Gasteiger partial charge >= 0.3 is 0 Å². The zero-order valence-corrected chi connectivity index (χ0v) is 77.3. The zero-order chi connectivity index (χ0) is 80.7. The Hall–Kier alpha value is -0.750. The molecule has 106 heavy (non-hydrogen) atoms. The average Bonchev–Trinajstić information content (AvgIpc) is 1.58. The molecule has 9 aliphatic heterocycles. The van der Waals surface area contributed by atoms with Crippen molar-refractivity contribution in [2.75, 3.05) is 193 Å². The van der Waals surface area contributed by atoms with E-state index in [-0.39, 0.29) is 13.5 Å². The van der Waals surface area contributed by atoms with Crippen molar-refractivity contribution in [2.24, 2.45) is 5.73 Å². The van der Waals surface area contributed by atoms with Gasteiger partial charge in [0.05, 0.1) is 12.2 Å². The standard InChI is InChI=1S/2C11H24N2.C10H21FN2.2C10H22N2.C9H20N2.C9H19NO.C9H19N.C8H18N2.CH4/c1-11(2,3)13-8-6-10(7-9-13)12(4)5;1-10(2)12-6-8-13(9-7-12)11(3,4)5;1-8(2)13-6-5-10(12(3)4)9(11)7-13;1-10(2,3)12-7-6-9(8-12)11(4)5;1-5-11-6-8-12(9-7-11)10(2,3)4;1-7(2)11-5-8(3)10-9(4)6-11;1-7(2)10-5-8(3)11-9(4)6-10;1-9(2)10-7-5-3-4-6-8-10;1-8(2,3)10-5-4-7(9)6-10;/h2*10H,6-9H2,1-5H3;8-10H,5-7H2,1-4H3;9H,6-8H2,1-5H3;5-9H2,1-4H3;7-10H,5-6H2,1-4H3;7-9H,5-6H2,1-4H3;9H,3-8H2,1-2H3;7H,4-6,9H2,1-3H3;1H4/t;;9-,10+;9-;;2*8-,9+;;7-;/m..00....1./s1. The third-order valence-electron chi connectivity index (χ3n) is 23.7. The van der Waals surface area contributed by atoms with Gasteiger partial charge in [0, 0.05) is 225 Å². The number of likely N-dealkylation sites (tertiary alicyclic amines) is 5. The first kappa shape index (κ1) is 105. The molecule has 3 N–H and O–H groups in total. The number of hydrogen-bond donors (Lipinski definition) is 2. The van der Waals surface area contributed by atoms with Crippen LogP contribution in [0.25, 0.3) is 0 Å². The number of piperazine rings is 3. The highest BCUT2D eigenvalue weighted by Crippen LogP contribution is 2.26. The first-order valence-electron chi connectivity index (χ1n) is 43.3. The number of rotatable bonds is 9. The second-order valence-electron chi connectivity index (χ2n) is 40.2. The Balaban J connectivity index is 0.00000117. The van der Waals surface area contributed by atoms with E-state index >= 15 is 0 Å². The fourth-order valence-corrected chi connectivity index (χ4v) is 15.9. The van der Waals surface area contributed by atoms with E-state index in [1.165, 1.54) is 163 Å². The van der Waals surface area contributed by atoms with Crippen LogP contribution in [-0.4, -0.2) is 374 Å². The van der Waals surface area contributed by atoms with Crippen molar-refractivity contribution in [1.29, 1.82) is 0 Å². The van der Waals surface area contributed by atoms with Gasteiger partial charge in [0.2, 0.25) is 0 Å². The molecule has 9 fully saturated rings. The molecule has 0 radical (unpaired) electrons. The summed E-state index contributed by atoms with van der Waals surface area (Å²) < 4.78 is 19.3. The summed E-state index contributed by atoms with van der Waals surface area (Å²) in [6.07, 6.45) is 11.9. The molecule has 0 aromatic rings. The number of morpholine rings is 1. The van der Waals surface area contributed by atoms with Crippen LogP contribution in [0.2, 0.25) is 0 Å². The molecule has 9 saturated heterocycles. The van der Waals surface area contributed by atoms with E-state index in [9.17, 15) is 4.39 Å². The minimum absolute atomic E-state index is 0. The number of hydrogen-bond acceptors (Lipinski definition) is 17. The third kappa shape index (κ3) is 43.7. The van der Waals surface area contributed by atoms with Gasteiger partial charge in [-0.15, -0.1) is 0 Å². The maximum Gasteiger partial charge on any atom is 0.128 e. The summed E-state index contributed by atoms with van der Waals surface area (Å²) in [5.41, 5.74) is 7.52. The van der Waals surface area contributed by atoms with Crippen molar-refractivity contribution < 1.29 is 9.13 Å². The fourth-order valence-electron chi connectivity index (χ4n) is 15.9. The van der Waals surface area contributed by atoms with Crippen LogP contribution in [0, 0.1) is 0 Å². The van der Waals surface area contributed by atoms with Gasteiger partial charge in [0.15, 0.2) is 0 Å². The first-order chi connectivity index (χ1) is 48.3. The molecule has 8 atom stereocenters. The monoisotopic (exact) mass is 1510 g/mol. The average molecular weight is 1510 g/mol. The quantitative estimate of drug-likeness (QED) is 0.229. The summed E-state index contributed by atoms with van der Waals surface area (Å²) in [7, 11) is 12.7. The molecular formula is C88H193FN16O. The van der Waals surface area contributed by atoms with E-state index in [0.29, 0.717) is 88.7 Å². The first-order valence-corrected chi connectivity index (χ1v) is 43.3. The SMILES string of the molecule is C.CC(C)(C)N1CC[C@@H](N)C1.CC(C)N1CCCCCC1.CC(C)N1CCN(C(C)(C)C)CC1.CC(C)N1CC[C@@H](N(C)C)[C@@H](F)C1.CC(C)N1C[C@@H](C)N[C@@H](C)C1.CC(C)N1C[C@@H](C)O[C@@H](C)C1.CCN1CCN(C(C)(C)C)CC1.CN(C)C1CCN(C(C)(C)C)CC1.CN(C)[C@H]1CCN(C(C)(C)C)C1. The molecule has 9 rings (SSSR count). The third-order valence-corrected chi connectivity index (χ3v) is 23.7. The lowest BCUT2D eigenvalue weighted by atomic mass is 9.98. The number of nitrogens with zero attached hydrogens (tertiary/aromatic N) is 14. The predicted molar refractivity (Wildman–Crippen MR) is 468 cm³/mol. The van der Waals surface area contributed by atoms with E-state index in [4.69, 9.17) is 10.5 Å². The molecule has 0 amide bonds. The minimum atomic E-state index is -0.689. The summed E-state index contributed by atoms with van der Waals surface area (Å²) in [6, 6.07) is 6.71. The fraction of sp³-hybridized carbons (Fsp3) is 1.00. The summed E-state index contributed by atoms with van der Waals surface area (Å²) in [5.74, 6) is 0. The molecule has 0 aliphatic carbocycles. The van der Waals surface area contributed by atoms with Crippen LogP contribution in [0.3, 0.4) is 0 Å². The molecule has 638 valence electrons. The van der Waals surface area contributed by atoms with Crippen molar-refractivity contribution in [2.45, 2.75) is 385 Å². The normalized spacial score (nSPS) is 27.2. The molecule has 0 aromatic carbocycles. The number of halogens is 1. The number of piperidine rings is 2. The number of alkyl halides is 1. The number of nitrogens with one attached hydrogen (secondary N) is 1. The summed E-state index contributed by atoms with van der Waals surface area (Å²) >= 11 is 0. The Morgan fingerprint density at radius 3 is 1.02 bits per heavy atom. The van der Waals surface area contributed by atoms with Gasteiger partial charge in [-0.05, 0) is 308 Å². The van der Waals surface area contributed by atoms with Gasteiger partial charge in [0.25, 0.3) is 0 Å². The van der Waals surface area contributed by atoms with E-state index in [0.717, 1.165) is 57.1 Å². The largest absolute Gasteiger partial charge is 0.373 e. The van der Waals surface area contributed by atoms with Crippen LogP contribution in [0.5, 0.6) is 0 Å². The molecular weight excluding hydrogens is 1320 g/mol. The molecule has 18 heteroatoms. The highest BCUT2D eigenvalue weighted by molar-refractivity contribution is 4.91. The number of nitrogens with two attached hydrogens (primary N) is 1. The maximum atomic E-state index is 13.6.